The third-order valence-corrected chi connectivity index (χ3v) is 5.13. The molecule has 1 aliphatic heterocycles. The molecule has 1 aliphatic carbocycles. The van der Waals surface area contributed by atoms with E-state index >= 15 is 0 Å². The summed E-state index contributed by atoms with van der Waals surface area (Å²) < 4.78 is 0. The van der Waals surface area contributed by atoms with Gasteiger partial charge in [-0.25, -0.2) is 0 Å². The van der Waals surface area contributed by atoms with Gasteiger partial charge in [-0.05, 0) is 48.0 Å². The van der Waals surface area contributed by atoms with Gasteiger partial charge >= 0.3 is 0 Å². The summed E-state index contributed by atoms with van der Waals surface area (Å²) in [7, 11) is 0. The van der Waals surface area contributed by atoms with Crippen molar-refractivity contribution in [1.82, 2.24) is 0 Å². The van der Waals surface area contributed by atoms with Crippen molar-refractivity contribution in [2.24, 2.45) is 10.9 Å². The third-order valence-electron chi connectivity index (χ3n) is 5.13. The van der Waals surface area contributed by atoms with Crippen molar-refractivity contribution in [2.45, 2.75) is 31.2 Å². The lowest BCUT2D eigenvalue weighted by molar-refractivity contribution is 0.335. The molecule has 0 bridgehead atoms. The van der Waals surface area contributed by atoms with Crippen molar-refractivity contribution < 1.29 is 0 Å². The average molecular weight is 287 g/mol. The molecule has 2 aliphatic rings. The molecule has 2 aromatic rings. The minimum absolute atomic E-state index is 0.444. The lowest BCUT2D eigenvalue weighted by Gasteiger charge is -2.37. The topological polar surface area (TPSA) is 12.4 Å². The summed E-state index contributed by atoms with van der Waals surface area (Å²) in [6.45, 7) is 0. The van der Waals surface area contributed by atoms with Crippen molar-refractivity contribution in [1.29, 1.82) is 0 Å². The van der Waals surface area contributed by atoms with E-state index in [0.717, 1.165) is 0 Å². The summed E-state index contributed by atoms with van der Waals surface area (Å²) >= 11 is 0. The van der Waals surface area contributed by atoms with E-state index in [1.54, 1.807) is 0 Å². The molecule has 1 nitrogen and oxygen atoms in total. The standard InChI is InChI=1S/C21H21N/c1-3-7-16(8-4-1)18-11-12-20-19(13-14-22-21(20)15-18)17-9-5-2-6-10-17/h1-10,13-14,18,20-21H,11-12,15H2/t18?,20-,21?/m0/s1. The molecular weight excluding hydrogens is 266 g/mol. The van der Waals surface area contributed by atoms with Gasteiger partial charge in [0.2, 0.25) is 0 Å². The van der Waals surface area contributed by atoms with Crippen molar-refractivity contribution in [3.63, 3.8) is 0 Å². The van der Waals surface area contributed by atoms with Crippen molar-refractivity contribution in [2.75, 3.05) is 0 Å². The summed E-state index contributed by atoms with van der Waals surface area (Å²) in [5, 5.41) is 0. The number of hydrogen-bond acceptors (Lipinski definition) is 1. The number of nitrogens with zero attached hydrogens (tertiary/aromatic N) is 1. The molecule has 1 fully saturated rings. The van der Waals surface area contributed by atoms with Crippen molar-refractivity contribution in [3.8, 4) is 0 Å². The maximum absolute atomic E-state index is 4.80. The molecule has 0 spiro atoms. The minimum atomic E-state index is 0.444. The Kier molecular flexibility index (Phi) is 3.64. The normalized spacial score (nSPS) is 27.1. The number of fused-ring (bicyclic) bond motifs is 1. The Bertz CT molecular complexity index is 684. The molecule has 0 saturated heterocycles. The zero-order valence-corrected chi connectivity index (χ0v) is 12.7. The van der Waals surface area contributed by atoms with Crippen LogP contribution in [-0.2, 0) is 0 Å². The maximum Gasteiger partial charge on any atom is 0.0574 e. The second kappa shape index (κ2) is 5.92. The first-order valence-electron chi connectivity index (χ1n) is 8.25. The van der Waals surface area contributed by atoms with E-state index in [0.29, 0.717) is 17.9 Å². The molecule has 0 radical (unpaired) electrons. The molecular formula is C21H21N. The van der Waals surface area contributed by atoms with Crippen LogP contribution >= 0.6 is 0 Å². The molecule has 0 N–H and O–H groups in total. The van der Waals surface area contributed by atoms with Crippen LogP contribution in [0.15, 0.2) is 71.7 Å². The predicted octanol–water partition coefficient (Wildman–Crippen LogP) is 5.11. The number of dihydropyridines is 1. The molecule has 3 atom stereocenters. The third kappa shape index (κ3) is 2.52. The van der Waals surface area contributed by atoms with Crippen LogP contribution in [0.1, 0.15) is 36.3 Å². The number of aliphatic imine (C=N–C) groups is 1. The van der Waals surface area contributed by atoms with Crippen LogP contribution in [0.5, 0.6) is 0 Å². The van der Waals surface area contributed by atoms with Crippen molar-refractivity contribution >= 4 is 11.8 Å². The first-order valence-corrected chi connectivity index (χ1v) is 8.25. The largest absolute Gasteiger partial charge is 0.289 e. The number of allylic oxidation sites excluding steroid dienone is 1. The first kappa shape index (κ1) is 13.5. The molecule has 22 heavy (non-hydrogen) atoms. The van der Waals surface area contributed by atoms with Gasteiger partial charge in [0.1, 0.15) is 0 Å². The summed E-state index contributed by atoms with van der Waals surface area (Å²) in [5.74, 6) is 1.25. The van der Waals surface area contributed by atoms with Gasteiger partial charge in [-0.3, -0.25) is 4.99 Å². The van der Waals surface area contributed by atoms with Gasteiger partial charge in [0, 0.05) is 12.1 Å². The Morgan fingerprint density at radius 3 is 2.32 bits per heavy atom. The van der Waals surface area contributed by atoms with Gasteiger partial charge in [-0.1, -0.05) is 60.7 Å². The van der Waals surface area contributed by atoms with Gasteiger partial charge in [0.25, 0.3) is 0 Å². The number of rotatable bonds is 2. The zero-order valence-electron chi connectivity index (χ0n) is 12.7. The van der Waals surface area contributed by atoms with E-state index in [2.05, 4.69) is 66.7 Å². The van der Waals surface area contributed by atoms with E-state index in [-0.39, 0.29) is 0 Å². The molecule has 0 amide bonds. The summed E-state index contributed by atoms with van der Waals surface area (Å²) in [6, 6.07) is 22.2. The first-order chi connectivity index (χ1) is 10.9. The van der Waals surface area contributed by atoms with Crippen LogP contribution in [0.4, 0.5) is 0 Å². The summed E-state index contributed by atoms with van der Waals surface area (Å²) in [6.07, 6.45) is 7.93. The molecule has 1 heterocycles. The fraction of sp³-hybridized carbons (Fsp3) is 0.286. The fourth-order valence-electron chi connectivity index (χ4n) is 4.00. The quantitative estimate of drug-likeness (QED) is 0.728. The van der Waals surface area contributed by atoms with Crippen LogP contribution in [0.3, 0.4) is 0 Å². The lowest BCUT2D eigenvalue weighted by Crippen LogP contribution is -2.30. The molecule has 0 aromatic heterocycles. The summed E-state index contributed by atoms with van der Waals surface area (Å²) in [4.78, 5) is 4.80. The van der Waals surface area contributed by atoms with E-state index in [1.807, 2.05) is 6.21 Å². The predicted molar refractivity (Wildman–Crippen MR) is 93.2 cm³/mol. The van der Waals surface area contributed by atoms with Gasteiger partial charge in [0.05, 0.1) is 6.04 Å². The minimum Gasteiger partial charge on any atom is -0.289 e. The Balaban J connectivity index is 1.57. The zero-order chi connectivity index (χ0) is 14.8. The van der Waals surface area contributed by atoms with Crippen LogP contribution in [-0.4, -0.2) is 12.3 Å². The van der Waals surface area contributed by atoms with Crippen molar-refractivity contribution in [3.05, 3.63) is 77.9 Å². The van der Waals surface area contributed by atoms with Crippen LogP contribution < -0.4 is 0 Å². The Morgan fingerprint density at radius 2 is 1.55 bits per heavy atom. The van der Waals surface area contributed by atoms with Crippen LogP contribution in [0, 0.1) is 5.92 Å². The number of hydrogen-bond donors (Lipinski definition) is 0. The molecule has 2 aromatic carbocycles. The molecule has 4 rings (SSSR count). The fourth-order valence-corrected chi connectivity index (χ4v) is 4.00. The van der Waals surface area contributed by atoms with Crippen LogP contribution in [0.25, 0.3) is 5.57 Å². The second-order valence-corrected chi connectivity index (χ2v) is 6.38. The number of benzene rings is 2. The van der Waals surface area contributed by atoms with Crippen LogP contribution in [0.2, 0.25) is 0 Å². The molecule has 1 saturated carbocycles. The monoisotopic (exact) mass is 287 g/mol. The smallest absolute Gasteiger partial charge is 0.0574 e. The van der Waals surface area contributed by atoms with E-state index in [1.165, 1.54) is 36.0 Å². The highest BCUT2D eigenvalue weighted by Gasteiger charge is 2.34. The second-order valence-electron chi connectivity index (χ2n) is 6.38. The SMILES string of the molecule is C1=NC2CC(c3ccccc3)CC[C@H]2C(c2ccccc2)=C1. The van der Waals surface area contributed by atoms with E-state index in [4.69, 9.17) is 4.99 Å². The van der Waals surface area contributed by atoms with Gasteiger partial charge in [-0.15, -0.1) is 0 Å². The molecule has 110 valence electrons. The van der Waals surface area contributed by atoms with Gasteiger partial charge in [0.15, 0.2) is 0 Å². The van der Waals surface area contributed by atoms with E-state index in [9.17, 15) is 0 Å². The molecule has 1 heteroatoms. The van der Waals surface area contributed by atoms with Gasteiger partial charge < -0.3 is 0 Å². The average Bonchev–Trinajstić information content (AvgIpc) is 2.62. The Labute approximate surface area is 132 Å². The highest BCUT2D eigenvalue weighted by atomic mass is 14.8. The maximum atomic E-state index is 4.80. The highest BCUT2D eigenvalue weighted by Crippen LogP contribution is 2.44. The molecule has 2 unspecified atom stereocenters. The highest BCUT2D eigenvalue weighted by molar-refractivity contribution is 5.87. The lowest BCUT2D eigenvalue weighted by atomic mass is 9.71. The summed E-state index contributed by atoms with van der Waals surface area (Å²) in [5.41, 5.74) is 4.32. The Morgan fingerprint density at radius 1 is 0.818 bits per heavy atom. The van der Waals surface area contributed by atoms with Gasteiger partial charge in [-0.2, -0.15) is 0 Å². The Hall–Kier alpha value is -2.15. The van der Waals surface area contributed by atoms with E-state index < -0.39 is 0 Å².